The summed E-state index contributed by atoms with van der Waals surface area (Å²) in [6, 6.07) is 15.6. The van der Waals surface area contributed by atoms with Crippen molar-refractivity contribution >= 4 is 29.0 Å². The summed E-state index contributed by atoms with van der Waals surface area (Å²) in [4.78, 5) is 28.4. The average molecular weight is 428 g/mol. The van der Waals surface area contributed by atoms with Gasteiger partial charge in [-0.2, -0.15) is 5.26 Å². The van der Waals surface area contributed by atoms with E-state index in [-0.39, 0.29) is 12.8 Å². The molecular formula is C24H20N4O4. The Morgan fingerprint density at radius 2 is 1.31 bits per heavy atom. The molecule has 32 heavy (non-hydrogen) atoms. The first kappa shape index (κ1) is 22.1. The minimum Gasteiger partial charge on any atom is -0.466 e. The molecule has 160 valence electrons. The molecule has 8 heteroatoms. The van der Waals surface area contributed by atoms with Crippen LogP contribution in [0.1, 0.15) is 18.4 Å². The summed E-state index contributed by atoms with van der Waals surface area (Å²) in [6.07, 6.45) is 0.222. The van der Waals surface area contributed by atoms with Crippen LogP contribution in [0.5, 0.6) is 0 Å². The topological polar surface area (TPSA) is 105 Å². The number of carbonyl (C=O) groups is 2. The van der Waals surface area contributed by atoms with E-state index in [9.17, 15) is 9.59 Å². The van der Waals surface area contributed by atoms with E-state index in [4.69, 9.17) is 21.3 Å². The third-order valence-corrected chi connectivity index (χ3v) is 4.90. The van der Waals surface area contributed by atoms with Crippen molar-refractivity contribution in [2.24, 2.45) is 0 Å². The van der Waals surface area contributed by atoms with Gasteiger partial charge in [-0.15, -0.1) is 0 Å². The predicted molar refractivity (Wildman–Crippen MR) is 118 cm³/mol. The smallest absolute Gasteiger partial charge is 0.335 e. The van der Waals surface area contributed by atoms with Crippen molar-refractivity contribution in [2.75, 3.05) is 24.9 Å². The molecule has 8 nitrogen and oxygen atoms in total. The third kappa shape index (κ3) is 4.94. The van der Waals surface area contributed by atoms with E-state index in [2.05, 4.69) is 21.5 Å². The average Bonchev–Trinajstić information content (AvgIpc) is 2.84. The molecule has 0 amide bonds. The van der Waals surface area contributed by atoms with Gasteiger partial charge in [0, 0.05) is 35.6 Å². The number of methoxy groups -OCH3 is 2. The Balaban J connectivity index is 1.96. The Morgan fingerprint density at radius 1 is 0.875 bits per heavy atom. The lowest BCUT2D eigenvalue weighted by Crippen LogP contribution is -2.24. The predicted octanol–water partition coefficient (Wildman–Crippen LogP) is 4.28. The van der Waals surface area contributed by atoms with Crippen LogP contribution in [-0.2, 0) is 19.1 Å². The Hall–Kier alpha value is -4.56. The first-order chi connectivity index (χ1) is 15.5. The summed E-state index contributed by atoms with van der Waals surface area (Å²) >= 11 is 0. The fourth-order valence-corrected chi connectivity index (χ4v) is 3.25. The number of rotatable bonds is 6. The van der Waals surface area contributed by atoms with Crippen LogP contribution in [0.4, 0.5) is 17.1 Å². The maximum absolute atomic E-state index is 12.5. The number of nitriles is 1. The second-order valence-corrected chi connectivity index (χ2v) is 6.85. The zero-order valence-electron chi connectivity index (χ0n) is 17.6. The number of hydrogen-bond donors (Lipinski definition) is 2. The number of esters is 2. The number of nitrogens with zero attached hydrogens (tertiary/aromatic N) is 2. The molecule has 0 fully saturated rings. The van der Waals surface area contributed by atoms with Gasteiger partial charge in [-0.25, -0.2) is 14.4 Å². The van der Waals surface area contributed by atoms with Crippen molar-refractivity contribution in [1.82, 2.24) is 0 Å². The van der Waals surface area contributed by atoms with Crippen molar-refractivity contribution in [3.63, 3.8) is 0 Å². The molecule has 3 rings (SSSR count). The van der Waals surface area contributed by atoms with Gasteiger partial charge in [0.1, 0.15) is 0 Å². The quantitative estimate of drug-likeness (QED) is 0.523. The molecule has 2 aromatic carbocycles. The third-order valence-electron chi connectivity index (χ3n) is 4.90. The van der Waals surface area contributed by atoms with Gasteiger partial charge >= 0.3 is 11.9 Å². The van der Waals surface area contributed by atoms with Gasteiger partial charge in [0.25, 0.3) is 0 Å². The number of carbonyl (C=O) groups excluding carboxylic acids is 2. The Labute approximate surface area is 185 Å². The summed E-state index contributed by atoms with van der Waals surface area (Å²) in [6.45, 7) is 7.07. The summed E-state index contributed by atoms with van der Waals surface area (Å²) in [5.41, 5.74) is 4.08. The molecule has 0 radical (unpaired) electrons. The first-order valence-corrected chi connectivity index (χ1v) is 9.61. The van der Waals surface area contributed by atoms with E-state index in [1.807, 2.05) is 0 Å². The summed E-state index contributed by atoms with van der Waals surface area (Å²) in [5, 5.41) is 15.3. The van der Waals surface area contributed by atoms with E-state index in [0.717, 1.165) is 0 Å². The number of nitrogens with one attached hydrogen (secondary N) is 2. The molecule has 0 spiro atoms. The van der Waals surface area contributed by atoms with Gasteiger partial charge in [-0.1, -0.05) is 12.1 Å². The van der Waals surface area contributed by atoms with Crippen molar-refractivity contribution in [3.8, 4) is 6.07 Å². The van der Waals surface area contributed by atoms with Crippen LogP contribution < -0.4 is 10.6 Å². The first-order valence-electron chi connectivity index (χ1n) is 9.61. The summed E-state index contributed by atoms with van der Waals surface area (Å²) in [5.74, 6) is -1.04. The largest absolute Gasteiger partial charge is 0.466 e. The van der Waals surface area contributed by atoms with E-state index >= 15 is 0 Å². The fraction of sp³-hybridized carbons (Fsp3) is 0.167. The van der Waals surface area contributed by atoms with Crippen LogP contribution in [-0.4, -0.2) is 26.2 Å². The highest BCUT2D eigenvalue weighted by Crippen LogP contribution is 2.33. The summed E-state index contributed by atoms with van der Waals surface area (Å²) < 4.78 is 9.93. The lowest BCUT2D eigenvalue weighted by Gasteiger charge is -2.25. The normalized spacial score (nSPS) is 13.0. The lowest BCUT2D eigenvalue weighted by atomic mass is 9.92. The van der Waals surface area contributed by atoms with E-state index in [0.29, 0.717) is 45.2 Å². The molecule has 0 heterocycles. The molecule has 1 aliphatic rings. The van der Waals surface area contributed by atoms with Gasteiger partial charge in [0.15, 0.2) is 5.69 Å². The molecule has 0 atom stereocenters. The zero-order valence-corrected chi connectivity index (χ0v) is 17.6. The molecule has 0 aliphatic heterocycles. The maximum atomic E-state index is 12.5. The lowest BCUT2D eigenvalue weighted by molar-refractivity contribution is -0.137. The van der Waals surface area contributed by atoms with Crippen LogP contribution in [0.15, 0.2) is 71.1 Å². The van der Waals surface area contributed by atoms with Crippen molar-refractivity contribution in [1.29, 1.82) is 5.26 Å². The molecule has 0 unspecified atom stereocenters. The van der Waals surface area contributed by atoms with Gasteiger partial charge in [-0.3, -0.25) is 0 Å². The molecule has 0 bridgehead atoms. The van der Waals surface area contributed by atoms with Crippen LogP contribution in [0, 0.1) is 17.9 Å². The highest BCUT2D eigenvalue weighted by molar-refractivity contribution is 5.96. The Kier molecular flexibility index (Phi) is 6.89. The molecule has 0 saturated carbocycles. The monoisotopic (exact) mass is 428 g/mol. The minimum absolute atomic E-state index is 0.111. The zero-order chi connectivity index (χ0) is 23.1. The number of hydrogen-bond acceptors (Lipinski definition) is 7. The SMILES string of the molecule is [C-]#[N+]c1ccc(NC2=C(C(=O)OC)CC(Nc3ccc(C#N)cc3)=C(C(=O)OC)C2)cc1. The van der Waals surface area contributed by atoms with E-state index in [1.54, 1.807) is 48.5 Å². The van der Waals surface area contributed by atoms with Crippen molar-refractivity contribution in [3.05, 3.63) is 88.1 Å². The van der Waals surface area contributed by atoms with Gasteiger partial charge in [0.05, 0.1) is 43.6 Å². The number of anilines is 2. The van der Waals surface area contributed by atoms with Crippen LogP contribution >= 0.6 is 0 Å². The fourth-order valence-electron chi connectivity index (χ4n) is 3.25. The van der Waals surface area contributed by atoms with Crippen molar-refractivity contribution < 1.29 is 19.1 Å². The molecular weight excluding hydrogens is 408 g/mol. The highest BCUT2D eigenvalue weighted by atomic mass is 16.5. The molecule has 0 aromatic heterocycles. The van der Waals surface area contributed by atoms with Gasteiger partial charge < -0.3 is 20.1 Å². The van der Waals surface area contributed by atoms with E-state index in [1.165, 1.54) is 14.2 Å². The Bertz CT molecular complexity index is 1080. The standard InChI is InChI=1S/C24H20N4O4/c1-26-16-8-10-18(11-9-16)28-22-13-19(23(29)31-2)21(12-20(22)24(30)32-3)27-17-6-4-15(14-25)5-7-17/h4-11,27-28H,12-13H2,2-3H3. The van der Waals surface area contributed by atoms with Crippen LogP contribution in [0.2, 0.25) is 0 Å². The van der Waals surface area contributed by atoms with Crippen LogP contribution in [0.3, 0.4) is 0 Å². The molecule has 2 aromatic rings. The number of allylic oxidation sites excluding steroid dienone is 2. The Morgan fingerprint density at radius 3 is 1.69 bits per heavy atom. The molecule has 0 saturated heterocycles. The second-order valence-electron chi connectivity index (χ2n) is 6.85. The van der Waals surface area contributed by atoms with Crippen molar-refractivity contribution in [2.45, 2.75) is 12.8 Å². The highest BCUT2D eigenvalue weighted by Gasteiger charge is 2.29. The second kappa shape index (κ2) is 9.96. The maximum Gasteiger partial charge on any atom is 0.335 e. The van der Waals surface area contributed by atoms with E-state index < -0.39 is 11.9 Å². The van der Waals surface area contributed by atoms with Gasteiger partial charge in [-0.05, 0) is 36.4 Å². The minimum atomic E-state index is -0.521. The van der Waals surface area contributed by atoms with Crippen LogP contribution in [0.25, 0.3) is 4.85 Å². The number of ether oxygens (including phenoxy) is 2. The van der Waals surface area contributed by atoms with Gasteiger partial charge in [0.2, 0.25) is 0 Å². The molecule has 2 N–H and O–H groups in total. The molecule has 1 aliphatic carbocycles. The number of benzene rings is 2. The summed E-state index contributed by atoms with van der Waals surface area (Å²) in [7, 11) is 2.59.